The van der Waals surface area contributed by atoms with Gasteiger partial charge in [-0.3, -0.25) is 4.79 Å². The standard InChI is InChI=1S/C14H24N2O/c1-9(2)5-14(17)16-8-10-3-4-13(16)12-7-15-6-11(10)12/h9-13,15H,3-8H2,1-2H3/t10-,11+,12+,13+/m1/s1. The van der Waals surface area contributed by atoms with Crippen molar-refractivity contribution in [2.75, 3.05) is 19.6 Å². The van der Waals surface area contributed by atoms with E-state index in [1.165, 1.54) is 19.4 Å². The first-order chi connectivity index (χ1) is 8.16. The largest absolute Gasteiger partial charge is 0.339 e. The van der Waals surface area contributed by atoms with Crippen molar-refractivity contribution >= 4 is 5.91 Å². The molecule has 3 heteroatoms. The van der Waals surface area contributed by atoms with Crippen LogP contribution < -0.4 is 5.32 Å². The second kappa shape index (κ2) is 4.27. The topological polar surface area (TPSA) is 32.3 Å². The van der Waals surface area contributed by atoms with Crippen LogP contribution in [0.2, 0.25) is 0 Å². The second-order valence-electron chi connectivity index (χ2n) is 6.53. The Labute approximate surface area is 104 Å². The van der Waals surface area contributed by atoms with Crippen molar-refractivity contribution < 1.29 is 4.79 Å². The molecular weight excluding hydrogens is 212 g/mol. The van der Waals surface area contributed by atoms with Crippen molar-refractivity contribution in [3.8, 4) is 0 Å². The number of carbonyl (C=O) groups excluding carboxylic acids is 1. The lowest BCUT2D eigenvalue weighted by atomic mass is 9.66. The van der Waals surface area contributed by atoms with Gasteiger partial charge < -0.3 is 10.2 Å². The van der Waals surface area contributed by atoms with Crippen LogP contribution in [0.5, 0.6) is 0 Å². The predicted octanol–water partition coefficient (Wildman–Crippen LogP) is 1.49. The maximum Gasteiger partial charge on any atom is 0.223 e. The average molecular weight is 236 g/mol. The molecule has 0 aromatic heterocycles. The van der Waals surface area contributed by atoms with Crippen LogP contribution in [-0.2, 0) is 4.79 Å². The molecular formula is C14H24N2O. The van der Waals surface area contributed by atoms with E-state index in [0.717, 1.165) is 37.3 Å². The molecule has 1 N–H and O–H groups in total. The molecule has 0 aromatic rings. The van der Waals surface area contributed by atoms with E-state index in [4.69, 9.17) is 0 Å². The van der Waals surface area contributed by atoms with Gasteiger partial charge in [0.05, 0.1) is 0 Å². The first-order valence-electron chi connectivity index (χ1n) is 7.17. The molecule has 1 aliphatic carbocycles. The lowest BCUT2D eigenvalue weighted by molar-refractivity contribution is -0.144. The van der Waals surface area contributed by atoms with Crippen LogP contribution in [0.4, 0.5) is 0 Å². The van der Waals surface area contributed by atoms with Gasteiger partial charge >= 0.3 is 0 Å². The fourth-order valence-corrected chi connectivity index (χ4v) is 4.22. The number of rotatable bonds is 2. The predicted molar refractivity (Wildman–Crippen MR) is 67.5 cm³/mol. The van der Waals surface area contributed by atoms with Crippen LogP contribution in [0.1, 0.15) is 33.1 Å². The highest BCUT2D eigenvalue weighted by Crippen LogP contribution is 2.45. The molecule has 4 fully saturated rings. The fraction of sp³-hybridized carbons (Fsp3) is 0.929. The van der Waals surface area contributed by atoms with E-state index in [1.54, 1.807) is 0 Å². The zero-order chi connectivity index (χ0) is 12.0. The number of carbonyl (C=O) groups is 1. The van der Waals surface area contributed by atoms with E-state index in [-0.39, 0.29) is 0 Å². The Morgan fingerprint density at radius 2 is 2.06 bits per heavy atom. The highest BCUT2D eigenvalue weighted by molar-refractivity contribution is 5.77. The number of nitrogens with zero attached hydrogens (tertiary/aromatic N) is 1. The summed E-state index contributed by atoms with van der Waals surface area (Å²) in [6.07, 6.45) is 3.32. The molecule has 1 saturated carbocycles. The third kappa shape index (κ3) is 1.88. The van der Waals surface area contributed by atoms with Crippen LogP contribution in [-0.4, -0.2) is 36.5 Å². The molecule has 0 radical (unpaired) electrons. The van der Waals surface area contributed by atoms with E-state index in [0.29, 0.717) is 17.9 Å². The van der Waals surface area contributed by atoms with Gasteiger partial charge in [-0.25, -0.2) is 0 Å². The van der Waals surface area contributed by atoms with Crippen LogP contribution >= 0.6 is 0 Å². The number of hydrogen-bond donors (Lipinski definition) is 1. The Morgan fingerprint density at radius 1 is 1.29 bits per heavy atom. The Morgan fingerprint density at radius 3 is 2.82 bits per heavy atom. The molecule has 96 valence electrons. The summed E-state index contributed by atoms with van der Waals surface area (Å²) >= 11 is 0. The van der Waals surface area contributed by atoms with Crippen LogP contribution in [0, 0.1) is 23.7 Å². The van der Waals surface area contributed by atoms with E-state index in [2.05, 4.69) is 24.1 Å². The van der Waals surface area contributed by atoms with E-state index in [1.807, 2.05) is 0 Å². The molecule has 17 heavy (non-hydrogen) atoms. The average Bonchev–Trinajstić information content (AvgIpc) is 2.79. The van der Waals surface area contributed by atoms with Gasteiger partial charge in [0.1, 0.15) is 0 Å². The van der Waals surface area contributed by atoms with Crippen molar-refractivity contribution in [3.63, 3.8) is 0 Å². The first kappa shape index (κ1) is 11.5. The molecule has 1 amide bonds. The number of hydrogen-bond acceptors (Lipinski definition) is 2. The Balaban J connectivity index is 1.74. The molecule has 0 aromatic carbocycles. The number of piperidine rings is 2. The summed E-state index contributed by atoms with van der Waals surface area (Å²) < 4.78 is 0. The molecule has 4 rings (SSSR count). The summed E-state index contributed by atoms with van der Waals surface area (Å²) in [6, 6.07) is 0.547. The van der Waals surface area contributed by atoms with Crippen LogP contribution in [0.25, 0.3) is 0 Å². The second-order valence-corrected chi connectivity index (χ2v) is 6.53. The van der Waals surface area contributed by atoms with Gasteiger partial charge in [0, 0.05) is 25.6 Å². The highest BCUT2D eigenvalue weighted by Gasteiger charge is 2.50. The zero-order valence-electron chi connectivity index (χ0n) is 11.0. The SMILES string of the molecule is CC(C)CC(=O)N1C[C@H]2CC[C@H]1[C@H]1CNC[C@@H]21. The normalized spacial score (nSPS) is 39.8. The quantitative estimate of drug-likeness (QED) is 0.788. The summed E-state index contributed by atoms with van der Waals surface area (Å²) in [6.45, 7) is 7.65. The smallest absolute Gasteiger partial charge is 0.223 e. The molecule has 4 aliphatic rings. The zero-order valence-corrected chi connectivity index (χ0v) is 11.0. The summed E-state index contributed by atoms with van der Waals surface area (Å²) in [5, 5.41) is 3.53. The van der Waals surface area contributed by atoms with Crippen molar-refractivity contribution in [1.29, 1.82) is 0 Å². The van der Waals surface area contributed by atoms with Gasteiger partial charge in [0.25, 0.3) is 0 Å². The van der Waals surface area contributed by atoms with Crippen molar-refractivity contribution in [2.45, 2.75) is 39.2 Å². The minimum atomic E-state index is 0.403. The van der Waals surface area contributed by atoms with Crippen LogP contribution in [0.3, 0.4) is 0 Å². The van der Waals surface area contributed by atoms with Crippen LogP contribution in [0.15, 0.2) is 0 Å². The first-order valence-corrected chi connectivity index (χ1v) is 7.17. The highest BCUT2D eigenvalue weighted by atomic mass is 16.2. The number of nitrogens with one attached hydrogen (secondary N) is 1. The Kier molecular flexibility index (Phi) is 2.89. The molecule has 0 unspecified atom stereocenters. The minimum absolute atomic E-state index is 0.403. The fourth-order valence-electron chi connectivity index (χ4n) is 4.22. The summed E-state index contributed by atoms with van der Waals surface area (Å²) in [5.74, 6) is 3.27. The van der Waals surface area contributed by atoms with Crippen molar-refractivity contribution in [3.05, 3.63) is 0 Å². The van der Waals surface area contributed by atoms with Crippen molar-refractivity contribution in [1.82, 2.24) is 10.2 Å². The van der Waals surface area contributed by atoms with Gasteiger partial charge in [-0.2, -0.15) is 0 Å². The minimum Gasteiger partial charge on any atom is -0.339 e. The third-order valence-electron chi connectivity index (χ3n) is 4.98. The molecule has 3 nitrogen and oxygen atoms in total. The van der Waals surface area contributed by atoms with E-state index < -0.39 is 0 Å². The lowest BCUT2D eigenvalue weighted by Gasteiger charge is -2.52. The monoisotopic (exact) mass is 236 g/mol. The van der Waals surface area contributed by atoms with E-state index in [9.17, 15) is 4.79 Å². The van der Waals surface area contributed by atoms with Gasteiger partial charge in [-0.15, -0.1) is 0 Å². The van der Waals surface area contributed by atoms with Gasteiger partial charge in [0.2, 0.25) is 5.91 Å². The Hall–Kier alpha value is -0.570. The Bertz CT molecular complexity index is 315. The van der Waals surface area contributed by atoms with Gasteiger partial charge in [0.15, 0.2) is 0 Å². The number of fused-ring (bicyclic) bond motifs is 2. The van der Waals surface area contributed by atoms with E-state index >= 15 is 0 Å². The summed E-state index contributed by atoms with van der Waals surface area (Å²) in [7, 11) is 0. The summed E-state index contributed by atoms with van der Waals surface area (Å²) in [4.78, 5) is 14.5. The maximum absolute atomic E-state index is 12.3. The molecule has 0 spiro atoms. The molecule has 4 atom stereocenters. The van der Waals surface area contributed by atoms with Gasteiger partial charge in [-0.1, -0.05) is 13.8 Å². The molecule has 2 bridgehead atoms. The van der Waals surface area contributed by atoms with Crippen molar-refractivity contribution in [2.24, 2.45) is 23.7 Å². The molecule has 3 heterocycles. The molecule has 3 aliphatic heterocycles. The van der Waals surface area contributed by atoms with Gasteiger partial charge in [-0.05, 0) is 43.1 Å². The summed E-state index contributed by atoms with van der Waals surface area (Å²) in [5.41, 5.74) is 0. The number of amides is 1. The molecule has 3 saturated heterocycles. The maximum atomic E-state index is 12.3. The third-order valence-corrected chi connectivity index (χ3v) is 4.98. The lowest BCUT2D eigenvalue weighted by Crippen LogP contribution is -2.59.